The Hall–Kier alpha value is -1.44. The van der Waals surface area contributed by atoms with Crippen LogP contribution in [-0.2, 0) is 0 Å². The lowest BCUT2D eigenvalue weighted by Gasteiger charge is -2.13. The van der Waals surface area contributed by atoms with E-state index in [1.807, 2.05) is 32.9 Å². The smallest absolute Gasteiger partial charge is 0.126 e. The Labute approximate surface area is 91.5 Å². The number of benzene rings is 1. The number of hydrogen-bond acceptors (Lipinski definition) is 2. The molecule has 82 valence electrons. The Morgan fingerprint density at radius 3 is 1.93 bits per heavy atom. The lowest BCUT2D eigenvalue weighted by molar-refractivity contribution is 0.318. The highest BCUT2D eigenvalue weighted by Gasteiger charge is 2.07. The molecule has 0 amide bonds. The van der Waals surface area contributed by atoms with E-state index < -0.39 is 0 Å². The first-order valence-electron chi connectivity index (χ1n) is 5.25. The maximum absolute atomic E-state index is 5.54. The molecule has 1 aromatic rings. The second-order valence-electron chi connectivity index (χ2n) is 3.21. The van der Waals surface area contributed by atoms with Gasteiger partial charge in [0, 0.05) is 5.56 Å². The molecule has 1 aromatic carbocycles. The molecule has 0 aliphatic heterocycles. The Kier molecular flexibility index (Phi) is 4.22. The minimum absolute atomic E-state index is 0.660. The maximum Gasteiger partial charge on any atom is 0.126 e. The van der Waals surface area contributed by atoms with Crippen molar-refractivity contribution < 1.29 is 9.47 Å². The van der Waals surface area contributed by atoms with Gasteiger partial charge < -0.3 is 9.47 Å². The van der Waals surface area contributed by atoms with Crippen LogP contribution in [0.3, 0.4) is 0 Å². The summed E-state index contributed by atoms with van der Waals surface area (Å²) in [5.74, 6) is 1.75. The van der Waals surface area contributed by atoms with Gasteiger partial charge in [-0.25, -0.2) is 0 Å². The predicted octanol–water partition coefficient (Wildman–Crippen LogP) is 3.44. The molecule has 0 bridgehead atoms. The summed E-state index contributed by atoms with van der Waals surface area (Å²) in [5, 5.41) is 0. The topological polar surface area (TPSA) is 18.5 Å². The van der Waals surface area contributed by atoms with Crippen LogP contribution in [0.4, 0.5) is 0 Å². The zero-order chi connectivity index (χ0) is 11.3. The summed E-state index contributed by atoms with van der Waals surface area (Å²) < 4.78 is 11.1. The zero-order valence-electron chi connectivity index (χ0n) is 9.67. The van der Waals surface area contributed by atoms with Crippen LogP contribution in [-0.4, -0.2) is 13.2 Å². The van der Waals surface area contributed by atoms with Crippen molar-refractivity contribution in [3.63, 3.8) is 0 Å². The van der Waals surface area contributed by atoms with Crippen molar-refractivity contribution in [2.24, 2.45) is 0 Å². The third kappa shape index (κ3) is 2.75. The minimum Gasteiger partial charge on any atom is -0.493 e. The minimum atomic E-state index is 0.660. The van der Waals surface area contributed by atoms with Crippen LogP contribution in [0.5, 0.6) is 11.5 Å². The summed E-state index contributed by atoms with van der Waals surface area (Å²) in [4.78, 5) is 0. The van der Waals surface area contributed by atoms with Crippen LogP contribution in [0.25, 0.3) is 6.08 Å². The Morgan fingerprint density at radius 1 is 1.13 bits per heavy atom. The fourth-order valence-electron chi connectivity index (χ4n) is 1.41. The van der Waals surface area contributed by atoms with Crippen molar-refractivity contribution >= 4 is 6.08 Å². The molecule has 0 fully saturated rings. The molecular formula is C13H18O2. The van der Waals surface area contributed by atoms with Crippen LogP contribution in [0.2, 0.25) is 0 Å². The summed E-state index contributed by atoms with van der Waals surface area (Å²) in [6.45, 7) is 11.0. The van der Waals surface area contributed by atoms with Crippen molar-refractivity contribution in [3.05, 3.63) is 29.8 Å². The lowest BCUT2D eigenvalue weighted by atomic mass is 10.1. The van der Waals surface area contributed by atoms with Crippen molar-refractivity contribution in [3.8, 4) is 11.5 Å². The largest absolute Gasteiger partial charge is 0.493 e. The quantitative estimate of drug-likeness (QED) is 0.734. The van der Waals surface area contributed by atoms with Gasteiger partial charge in [-0.15, -0.1) is 0 Å². The second-order valence-corrected chi connectivity index (χ2v) is 3.21. The summed E-state index contributed by atoms with van der Waals surface area (Å²) >= 11 is 0. The van der Waals surface area contributed by atoms with E-state index >= 15 is 0 Å². The van der Waals surface area contributed by atoms with Gasteiger partial charge in [0.05, 0.1) is 13.2 Å². The van der Waals surface area contributed by atoms with Gasteiger partial charge in [0.2, 0.25) is 0 Å². The van der Waals surface area contributed by atoms with Gasteiger partial charge in [0.25, 0.3) is 0 Å². The molecule has 0 saturated heterocycles. The molecule has 0 aromatic heterocycles. The molecule has 0 atom stereocenters. The molecule has 15 heavy (non-hydrogen) atoms. The molecule has 0 saturated carbocycles. The predicted molar refractivity (Wildman–Crippen MR) is 63.6 cm³/mol. The van der Waals surface area contributed by atoms with Gasteiger partial charge >= 0.3 is 0 Å². The SMILES string of the molecule is C=Cc1cc(OCC)c(C)c(OCC)c1. The third-order valence-electron chi connectivity index (χ3n) is 2.17. The van der Waals surface area contributed by atoms with E-state index in [0.29, 0.717) is 13.2 Å². The van der Waals surface area contributed by atoms with E-state index in [-0.39, 0.29) is 0 Å². The van der Waals surface area contributed by atoms with Crippen LogP contribution in [0.15, 0.2) is 18.7 Å². The highest BCUT2D eigenvalue weighted by molar-refractivity contribution is 5.57. The Bertz CT molecular complexity index is 315. The number of ether oxygens (including phenoxy) is 2. The van der Waals surface area contributed by atoms with Gasteiger partial charge in [0.1, 0.15) is 11.5 Å². The molecule has 0 N–H and O–H groups in total. The molecule has 2 nitrogen and oxygen atoms in total. The summed E-state index contributed by atoms with van der Waals surface area (Å²) in [6.07, 6.45) is 1.80. The molecule has 0 spiro atoms. The third-order valence-corrected chi connectivity index (χ3v) is 2.17. The van der Waals surface area contributed by atoms with Crippen molar-refractivity contribution in [1.82, 2.24) is 0 Å². The van der Waals surface area contributed by atoms with E-state index in [1.54, 1.807) is 6.08 Å². The highest BCUT2D eigenvalue weighted by Crippen LogP contribution is 2.30. The van der Waals surface area contributed by atoms with Crippen molar-refractivity contribution in [2.75, 3.05) is 13.2 Å². The highest BCUT2D eigenvalue weighted by atomic mass is 16.5. The first kappa shape index (κ1) is 11.6. The summed E-state index contributed by atoms with van der Waals surface area (Å²) in [7, 11) is 0. The average Bonchev–Trinajstić information content (AvgIpc) is 2.24. The van der Waals surface area contributed by atoms with Gasteiger partial charge in [-0.3, -0.25) is 0 Å². The maximum atomic E-state index is 5.54. The van der Waals surface area contributed by atoms with Crippen molar-refractivity contribution in [2.45, 2.75) is 20.8 Å². The Balaban J connectivity index is 3.14. The molecule has 0 radical (unpaired) electrons. The van der Waals surface area contributed by atoms with E-state index in [4.69, 9.17) is 9.47 Å². The fraction of sp³-hybridized carbons (Fsp3) is 0.385. The summed E-state index contributed by atoms with van der Waals surface area (Å²) in [6, 6.07) is 3.96. The van der Waals surface area contributed by atoms with Crippen molar-refractivity contribution in [1.29, 1.82) is 0 Å². The van der Waals surface area contributed by atoms with Gasteiger partial charge in [-0.1, -0.05) is 12.7 Å². The van der Waals surface area contributed by atoms with Crippen LogP contribution in [0.1, 0.15) is 25.0 Å². The van der Waals surface area contributed by atoms with E-state index in [9.17, 15) is 0 Å². The number of rotatable bonds is 5. The molecule has 1 rings (SSSR count). The van der Waals surface area contributed by atoms with E-state index in [0.717, 1.165) is 22.6 Å². The molecular weight excluding hydrogens is 188 g/mol. The van der Waals surface area contributed by atoms with E-state index in [1.165, 1.54) is 0 Å². The monoisotopic (exact) mass is 206 g/mol. The molecule has 2 heteroatoms. The first-order chi connectivity index (χ1) is 7.22. The Morgan fingerprint density at radius 2 is 1.60 bits per heavy atom. The van der Waals surface area contributed by atoms with Gasteiger partial charge in [-0.2, -0.15) is 0 Å². The molecule has 0 aliphatic carbocycles. The molecule has 0 unspecified atom stereocenters. The lowest BCUT2D eigenvalue weighted by Crippen LogP contribution is -1.99. The van der Waals surface area contributed by atoms with Gasteiger partial charge in [-0.05, 0) is 38.5 Å². The first-order valence-corrected chi connectivity index (χ1v) is 5.25. The van der Waals surface area contributed by atoms with Crippen LogP contribution < -0.4 is 9.47 Å². The fourth-order valence-corrected chi connectivity index (χ4v) is 1.41. The average molecular weight is 206 g/mol. The normalized spacial score (nSPS) is 9.80. The van der Waals surface area contributed by atoms with Crippen LogP contribution >= 0.6 is 0 Å². The summed E-state index contributed by atoms with van der Waals surface area (Å²) in [5.41, 5.74) is 2.07. The molecule has 0 aliphatic rings. The van der Waals surface area contributed by atoms with Crippen LogP contribution in [0, 0.1) is 6.92 Å². The molecule has 0 heterocycles. The standard InChI is InChI=1S/C13H18O2/c1-5-11-8-12(14-6-2)10(4)13(9-11)15-7-3/h5,8-9H,1,6-7H2,2-4H3. The van der Waals surface area contributed by atoms with Gasteiger partial charge in [0.15, 0.2) is 0 Å². The second kappa shape index (κ2) is 5.44. The van der Waals surface area contributed by atoms with E-state index in [2.05, 4.69) is 6.58 Å². The zero-order valence-corrected chi connectivity index (χ0v) is 9.67. The number of hydrogen-bond donors (Lipinski definition) is 0.